The molecule has 7 heteroatoms. The van der Waals surface area contributed by atoms with Crippen molar-refractivity contribution in [3.8, 4) is 0 Å². The number of carbonyl (C=O) groups is 1. The molecule has 68 valence electrons. The van der Waals surface area contributed by atoms with Gasteiger partial charge in [-0.25, -0.2) is 15.4 Å². The van der Waals surface area contributed by atoms with Crippen molar-refractivity contribution < 1.29 is 4.79 Å². The summed E-state index contributed by atoms with van der Waals surface area (Å²) in [5.41, 5.74) is 11.1. The van der Waals surface area contributed by atoms with Crippen LogP contribution in [0.15, 0.2) is 12.5 Å². The predicted molar refractivity (Wildman–Crippen MR) is 45.4 cm³/mol. The summed E-state index contributed by atoms with van der Waals surface area (Å²) in [6, 6.07) is 0. The van der Waals surface area contributed by atoms with Crippen molar-refractivity contribution >= 4 is 17.4 Å². The monoisotopic (exact) mass is 180 g/mol. The molecular weight excluding hydrogens is 172 g/mol. The second-order valence-corrected chi connectivity index (χ2v) is 2.53. The fourth-order valence-electron chi connectivity index (χ4n) is 1.01. The maximum atomic E-state index is 10.8. The molecule has 1 aromatic rings. The van der Waals surface area contributed by atoms with E-state index in [0.717, 1.165) is 0 Å². The fourth-order valence-corrected chi connectivity index (χ4v) is 1.01. The lowest BCUT2D eigenvalue weighted by Crippen LogP contribution is -2.52. The summed E-state index contributed by atoms with van der Waals surface area (Å²) in [5.74, 6) is 0.0921. The van der Waals surface area contributed by atoms with Crippen molar-refractivity contribution in [1.29, 1.82) is 0 Å². The summed E-state index contributed by atoms with van der Waals surface area (Å²) >= 11 is 0. The highest BCUT2D eigenvalue weighted by Crippen LogP contribution is 2.18. The van der Waals surface area contributed by atoms with Crippen LogP contribution in [-0.2, 0) is 4.79 Å². The topological polar surface area (TPSA) is 105 Å². The number of aromatic nitrogens is 2. The average molecular weight is 180 g/mol. The van der Waals surface area contributed by atoms with Gasteiger partial charge in [0.1, 0.15) is 6.33 Å². The summed E-state index contributed by atoms with van der Waals surface area (Å²) < 4.78 is 0. The first-order valence-corrected chi connectivity index (χ1v) is 3.65. The summed E-state index contributed by atoms with van der Waals surface area (Å²) in [5, 5.41) is 2.82. The number of amides is 1. The van der Waals surface area contributed by atoms with Crippen LogP contribution in [0, 0.1) is 0 Å². The molecular formula is C6H8N6O. The van der Waals surface area contributed by atoms with Gasteiger partial charge in [0.2, 0.25) is 0 Å². The summed E-state index contributed by atoms with van der Waals surface area (Å²) in [4.78, 5) is 18.5. The van der Waals surface area contributed by atoms with Crippen LogP contribution in [0.1, 0.15) is 0 Å². The molecule has 1 aliphatic rings. The van der Waals surface area contributed by atoms with Gasteiger partial charge in [-0.15, -0.1) is 0 Å². The van der Waals surface area contributed by atoms with Gasteiger partial charge < -0.3 is 16.5 Å². The van der Waals surface area contributed by atoms with Crippen LogP contribution in [0.4, 0.5) is 11.5 Å². The number of rotatable bonds is 1. The number of hydrogen-bond acceptors (Lipinski definition) is 6. The van der Waals surface area contributed by atoms with E-state index in [1.807, 2.05) is 0 Å². The van der Waals surface area contributed by atoms with Crippen LogP contribution in [0.5, 0.6) is 0 Å². The standard InChI is InChI=1S/C6H8N6O/c7-4(13)6-10-3-1-8-2-9-5(3)11-12-6/h1-2,6,10,12H,(H2,7,13)(H,8,9,11). The highest BCUT2D eigenvalue weighted by Gasteiger charge is 2.21. The molecule has 0 saturated heterocycles. The molecule has 2 rings (SSSR count). The van der Waals surface area contributed by atoms with Crippen LogP contribution in [0.25, 0.3) is 0 Å². The van der Waals surface area contributed by atoms with E-state index in [9.17, 15) is 4.79 Å². The van der Waals surface area contributed by atoms with Crippen molar-refractivity contribution in [3.63, 3.8) is 0 Å². The predicted octanol–water partition coefficient (Wildman–Crippen LogP) is -1.37. The molecule has 5 N–H and O–H groups in total. The Morgan fingerprint density at radius 2 is 2.46 bits per heavy atom. The van der Waals surface area contributed by atoms with Crippen molar-refractivity contribution in [2.75, 3.05) is 10.7 Å². The van der Waals surface area contributed by atoms with E-state index >= 15 is 0 Å². The number of fused-ring (bicyclic) bond motifs is 1. The molecule has 0 aliphatic carbocycles. The molecule has 0 radical (unpaired) electrons. The Bertz CT molecular complexity index is 340. The van der Waals surface area contributed by atoms with E-state index in [1.54, 1.807) is 6.20 Å². The third-order valence-corrected chi connectivity index (χ3v) is 1.63. The Balaban J connectivity index is 2.24. The maximum Gasteiger partial charge on any atom is 0.256 e. The first-order valence-electron chi connectivity index (χ1n) is 3.65. The molecule has 0 spiro atoms. The smallest absolute Gasteiger partial charge is 0.256 e. The van der Waals surface area contributed by atoms with Crippen molar-refractivity contribution in [1.82, 2.24) is 15.4 Å². The minimum absolute atomic E-state index is 0.498. The van der Waals surface area contributed by atoms with Gasteiger partial charge in [-0.3, -0.25) is 4.79 Å². The Kier molecular flexibility index (Phi) is 1.71. The zero-order chi connectivity index (χ0) is 9.26. The van der Waals surface area contributed by atoms with E-state index in [1.165, 1.54) is 6.33 Å². The molecule has 0 bridgehead atoms. The highest BCUT2D eigenvalue weighted by molar-refractivity contribution is 5.85. The number of nitrogens with two attached hydrogens (primary N) is 1. The Labute approximate surface area is 73.7 Å². The average Bonchev–Trinajstić information content (AvgIpc) is 2.17. The lowest BCUT2D eigenvalue weighted by molar-refractivity contribution is -0.119. The molecule has 13 heavy (non-hydrogen) atoms. The van der Waals surface area contributed by atoms with Gasteiger partial charge in [0.25, 0.3) is 5.91 Å². The van der Waals surface area contributed by atoms with Crippen LogP contribution >= 0.6 is 0 Å². The van der Waals surface area contributed by atoms with Crippen molar-refractivity contribution in [3.05, 3.63) is 12.5 Å². The molecule has 0 aromatic carbocycles. The SMILES string of the molecule is NC(=O)C1NNc2ncncc2N1. The minimum atomic E-state index is -0.640. The maximum absolute atomic E-state index is 10.8. The largest absolute Gasteiger partial charge is 0.367 e. The summed E-state index contributed by atoms with van der Waals surface area (Å²) in [7, 11) is 0. The first kappa shape index (κ1) is 7.74. The molecule has 7 nitrogen and oxygen atoms in total. The van der Waals surface area contributed by atoms with Crippen molar-refractivity contribution in [2.45, 2.75) is 6.17 Å². The summed E-state index contributed by atoms with van der Waals surface area (Å²) in [6.45, 7) is 0. The van der Waals surface area contributed by atoms with E-state index < -0.39 is 12.1 Å². The summed E-state index contributed by atoms with van der Waals surface area (Å²) in [6.07, 6.45) is 2.32. The normalized spacial score (nSPS) is 19.5. The highest BCUT2D eigenvalue weighted by atomic mass is 16.1. The Hall–Kier alpha value is -1.89. The molecule has 1 unspecified atom stereocenters. The zero-order valence-corrected chi connectivity index (χ0v) is 6.61. The number of nitrogens with zero attached hydrogens (tertiary/aromatic N) is 2. The number of anilines is 2. The van der Waals surface area contributed by atoms with Gasteiger partial charge in [0, 0.05) is 0 Å². The molecule has 1 aromatic heterocycles. The van der Waals surface area contributed by atoms with Crippen molar-refractivity contribution in [2.24, 2.45) is 5.73 Å². The van der Waals surface area contributed by atoms with E-state index in [0.29, 0.717) is 11.5 Å². The minimum Gasteiger partial charge on any atom is -0.367 e. The molecule has 1 aliphatic heterocycles. The number of nitrogens with one attached hydrogen (secondary N) is 3. The fraction of sp³-hybridized carbons (Fsp3) is 0.167. The van der Waals surface area contributed by atoms with Crippen LogP contribution in [0.3, 0.4) is 0 Å². The number of hydrogen-bond donors (Lipinski definition) is 4. The number of primary amides is 1. The lowest BCUT2D eigenvalue weighted by Gasteiger charge is -2.25. The van der Waals surface area contributed by atoms with Crippen LogP contribution in [-0.4, -0.2) is 22.0 Å². The Morgan fingerprint density at radius 3 is 3.23 bits per heavy atom. The molecule has 1 amide bonds. The zero-order valence-electron chi connectivity index (χ0n) is 6.61. The van der Waals surface area contributed by atoms with Gasteiger partial charge >= 0.3 is 0 Å². The second kappa shape index (κ2) is 2.87. The molecule has 0 fully saturated rings. The van der Waals surface area contributed by atoms with Crippen LogP contribution < -0.4 is 21.9 Å². The first-order chi connectivity index (χ1) is 6.27. The van der Waals surface area contributed by atoms with Gasteiger partial charge in [-0.05, 0) is 0 Å². The third-order valence-electron chi connectivity index (χ3n) is 1.63. The number of hydrazine groups is 1. The van der Waals surface area contributed by atoms with Gasteiger partial charge in [-0.1, -0.05) is 0 Å². The van der Waals surface area contributed by atoms with Gasteiger partial charge in [-0.2, -0.15) is 0 Å². The molecule has 2 heterocycles. The van der Waals surface area contributed by atoms with Gasteiger partial charge in [0.05, 0.1) is 11.9 Å². The lowest BCUT2D eigenvalue weighted by atomic mass is 10.3. The van der Waals surface area contributed by atoms with Crippen LogP contribution in [0.2, 0.25) is 0 Å². The van der Waals surface area contributed by atoms with E-state index in [-0.39, 0.29) is 0 Å². The molecule has 1 atom stereocenters. The Morgan fingerprint density at radius 1 is 1.62 bits per heavy atom. The van der Waals surface area contributed by atoms with Gasteiger partial charge in [0.15, 0.2) is 12.0 Å². The van der Waals surface area contributed by atoms with E-state index in [4.69, 9.17) is 5.73 Å². The van der Waals surface area contributed by atoms with E-state index in [2.05, 4.69) is 26.1 Å². The quantitative estimate of drug-likeness (QED) is 0.425. The third kappa shape index (κ3) is 1.36. The number of carbonyl (C=O) groups excluding carboxylic acids is 1. The molecule has 0 saturated carbocycles. The second-order valence-electron chi connectivity index (χ2n) is 2.53.